The molecule has 0 radical (unpaired) electrons. The van der Waals surface area contributed by atoms with Crippen molar-refractivity contribution in [1.29, 1.82) is 0 Å². The lowest BCUT2D eigenvalue weighted by Gasteiger charge is -2.04. The molecule has 1 atom stereocenters. The van der Waals surface area contributed by atoms with Crippen molar-refractivity contribution in [2.75, 3.05) is 6.61 Å². The van der Waals surface area contributed by atoms with Crippen LogP contribution >= 0.6 is 11.3 Å². The molecule has 0 aliphatic carbocycles. The molecule has 0 spiro atoms. The molecule has 56 valence electrons. The SMILES string of the molecule is NC(CO)c1ccsc1O. The van der Waals surface area contributed by atoms with Crippen LogP contribution in [0.1, 0.15) is 11.6 Å². The summed E-state index contributed by atoms with van der Waals surface area (Å²) in [6.07, 6.45) is 0. The lowest BCUT2D eigenvalue weighted by atomic mass is 10.2. The number of aliphatic hydroxyl groups excluding tert-OH is 1. The maximum absolute atomic E-state index is 9.08. The molecule has 1 heterocycles. The minimum Gasteiger partial charge on any atom is -0.499 e. The normalized spacial score (nSPS) is 13.4. The first-order valence-corrected chi connectivity index (χ1v) is 3.76. The molecule has 0 aliphatic rings. The van der Waals surface area contributed by atoms with Crippen molar-refractivity contribution in [3.05, 3.63) is 17.0 Å². The first-order chi connectivity index (χ1) is 4.75. The Hall–Kier alpha value is -0.580. The number of hydrogen-bond donors (Lipinski definition) is 3. The van der Waals surface area contributed by atoms with Gasteiger partial charge in [0, 0.05) is 5.56 Å². The van der Waals surface area contributed by atoms with E-state index in [-0.39, 0.29) is 11.7 Å². The predicted octanol–water partition coefficient (Wildman–Crippen LogP) is 0.446. The molecule has 1 aromatic rings. The van der Waals surface area contributed by atoms with E-state index in [0.717, 1.165) is 0 Å². The summed E-state index contributed by atoms with van der Waals surface area (Å²) in [5.74, 6) is 0. The summed E-state index contributed by atoms with van der Waals surface area (Å²) >= 11 is 1.21. The molecular weight excluding hydrogens is 150 g/mol. The summed E-state index contributed by atoms with van der Waals surface area (Å²) in [6, 6.07) is 1.26. The Labute approximate surface area is 62.7 Å². The van der Waals surface area contributed by atoms with Crippen LogP contribution in [0.25, 0.3) is 0 Å². The fourth-order valence-electron chi connectivity index (χ4n) is 0.692. The Bertz CT molecular complexity index is 211. The average Bonchev–Trinajstić information content (AvgIpc) is 2.34. The highest BCUT2D eigenvalue weighted by molar-refractivity contribution is 7.11. The number of aliphatic hydroxyl groups is 1. The van der Waals surface area contributed by atoms with Crippen LogP contribution in [0.4, 0.5) is 0 Å². The Morgan fingerprint density at radius 1 is 1.70 bits per heavy atom. The molecule has 4 N–H and O–H groups in total. The van der Waals surface area contributed by atoms with Gasteiger partial charge in [-0.3, -0.25) is 0 Å². The Morgan fingerprint density at radius 3 is 2.80 bits per heavy atom. The van der Waals surface area contributed by atoms with Gasteiger partial charge in [-0.2, -0.15) is 0 Å². The number of thiophene rings is 1. The number of nitrogens with two attached hydrogens (primary N) is 1. The van der Waals surface area contributed by atoms with Crippen molar-refractivity contribution in [2.24, 2.45) is 5.73 Å². The van der Waals surface area contributed by atoms with Gasteiger partial charge in [0.15, 0.2) is 5.06 Å². The minimum absolute atomic E-state index is 0.135. The van der Waals surface area contributed by atoms with E-state index >= 15 is 0 Å². The van der Waals surface area contributed by atoms with Gasteiger partial charge in [-0.1, -0.05) is 0 Å². The van der Waals surface area contributed by atoms with Crippen molar-refractivity contribution in [3.63, 3.8) is 0 Å². The quantitative estimate of drug-likeness (QED) is 0.586. The Morgan fingerprint density at radius 2 is 2.40 bits per heavy atom. The third-order valence-corrected chi connectivity index (χ3v) is 2.00. The highest BCUT2D eigenvalue weighted by Gasteiger charge is 2.09. The molecule has 0 aliphatic heterocycles. The summed E-state index contributed by atoms with van der Waals surface area (Å²) in [4.78, 5) is 0. The van der Waals surface area contributed by atoms with Crippen LogP contribution < -0.4 is 5.73 Å². The van der Waals surface area contributed by atoms with Crippen LogP contribution in [-0.4, -0.2) is 16.8 Å². The molecule has 0 fully saturated rings. The fourth-order valence-corrected chi connectivity index (χ4v) is 1.39. The highest BCUT2D eigenvalue weighted by atomic mass is 32.1. The van der Waals surface area contributed by atoms with E-state index in [1.54, 1.807) is 11.4 Å². The molecule has 4 heteroatoms. The van der Waals surface area contributed by atoms with Gasteiger partial charge < -0.3 is 15.9 Å². The summed E-state index contributed by atoms with van der Waals surface area (Å²) in [7, 11) is 0. The molecule has 0 saturated carbocycles. The Kier molecular flexibility index (Phi) is 2.26. The number of hydrogen-bond acceptors (Lipinski definition) is 4. The van der Waals surface area contributed by atoms with Crippen LogP contribution in [0.3, 0.4) is 0 Å². The van der Waals surface area contributed by atoms with Crippen LogP contribution in [0.2, 0.25) is 0 Å². The standard InChI is InChI=1S/C6H9NO2S/c7-5(3-8)4-1-2-10-6(4)9/h1-2,5,8-9H,3,7H2. The first kappa shape index (κ1) is 7.53. The zero-order chi connectivity index (χ0) is 7.56. The van der Waals surface area contributed by atoms with Crippen molar-refractivity contribution >= 4 is 11.3 Å². The summed E-state index contributed by atoms with van der Waals surface area (Å²) in [5, 5.41) is 19.6. The zero-order valence-electron chi connectivity index (χ0n) is 5.32. The highest BCUT2D eigenvalue weighted by Crippen LogP contribution is 2.27. The van der Waals surface area contributed by atoms with E-state index in [1.165, 1.54) is 11.3 Å². The second-order valence-corrected chi connectivity index (χ2v) is 2.86. The van der Waals surface area contributed by atoms with Crippen molar-refractivity contribution in [3.8, 4) is 5.06 Å². The van der Waals surface area contributed by atoms with Crippen LogP contribution in [-0.2, 0) is 0 Å². The van der Waals surface area contributed by atoms with E-state index in [1.807, 2.05) is 0 Å². The van der Waals surface area contributed by atoms with Gasteiger partial charge in [0.05, 0.1) is 12.6 Å². The molecule has 1 unspecified atom stereocenters. The first-order valence-electron chi connectivity index (χ1n) is 2.88. The number of aromatic hydroxyl groups is 1. The monoisotopic (exact) mass is 159 g/mol. The zero-order valence-corrected chi connectivity index (χ0v) is 6.14. The van der Waals surface area contributed by atoms with Gasteiger partial charge in [0.25, 0.3) is 0 Å². The second kappa shape index (κ2) is 3.01. The van der Waals surface area contributed by atoms with Crippen LogP contribution in [0, 0.1) is 0 Å². The largest absolute Gasteiger partial charge is 0.499 e. The van der Waals surface area contributed by atoms with E-state index < -0.39 is 6.04 Å². The molecule has 1 rings (SSSR count). The van der Waals surface area contributed by atoms with Gasteiger partial charge in [-0.05, 0) is 11.4 Å². The topological polar surface area (TPSA) is 66.5 Å². The van der Waals surface area contributed by atoms with Crippen LogP contribution in [0.15, 0.2) is 11.4 Å². The van der Waals surface area contributed by atoms with Crippen molar-refractivity contribution in [2.45, 2.75) is 6.04 Å². The molecule has 0 bridgehead atoms. The van der Waals surface area contributed by atoms with Gasteiger partial charge in [-0.15, -0.1) is 11.3 Å². The second-order valence-electron chi connectivity index (χ2n) is 1.97. The molecule has 3 nitrogen and oxygen atoms in total. The van der Waals surface area contributed by atoms with Crippen molar-refractivity contribution in [1.82, 2.24) is 0 Å². The molecule has 0 saturated heterocycles. The third kappa shape index (κ3) is 1.29. The van der Waals surface area contributed by atoms with E-state index in [9.17, 15) is 0 Å². The van der Waals surface area contributed by atoms with E-state index in [4.69, 9.17) is 15.9 Å². The number of rotatable bonds is 2. The summed E-state index contributed by atoms with van der Waals surface area (Å²) < 4.78 is 0. The van der Waals surface area contributed by atoms with E-state index in [2.05, 4.69) is 0 Å². The van der Waals surface area contributed by atoms with Crippen LogP contribution in [0.5, 0.6) is 5.06 Å². The average molecular weight is 159 g/mol. The maximum Gasteiger partial charge on any atom is 0.176 e. The summed E-state index contributed by atoms with van der Waals surface area (Å²) in [5.41, 5.74) is 6.05. The van der Waals surface area contributed by atoms with Gasteiger partial charge in [0.2, 0.25) is 0 Å². The third-order valence-electron chi connectivity index (χ3n) is 1.27. The molecule has 0 amide bonds. The lowest BCUT2D eigenvalue weighted by Crippen LogP contribution is -2.13. The molecular formula is C6H9NO2S. The van der Waals surface area contributed by atoms with Gasteiger partial charge in [0.1, 0.15) is 0 Å². The minimum atomic E-state index is -0.453. The maximum atomic E-state index is 9.08. The van der Waals surface area contributed by atoms with Gasteiger partial charge >= 0.3 is 0 Å². The molecule has 10 heavy (non-hydrogen) atoms. The molecule has 0 aromatic carbocycles. The molecule has 1 aromatic heterocycles. The Balaban J connectivity index is 2.82. The van der Waals surface area contributed by atoms with Gasteiger partial charge in [-0.25, -0.2) is 0 Å². The van der Waals surface area contributed by atoms with Crippen molar-refractivity contribution < 1.29 is 10.2 Å². The van der Waals surface area contributed by atoms with E-state index in [0.29, 0.717) is 5.56 Å². The summed E-state index contributed by atoms with van der Waals surface area (Å²) in [6.45, 7) is -0.135. The fraction of sp³-hybridized carbons (Fsp3) is 0.333. The lowest BCUT2D eigenvalue weighted by molar-refractivity contribution is 0.266. The smallest absolute Gasteiger partial charge is 0.176 e. The predicted molar refractivity (Wildman–Crippen MR) is 40.0 cm³/mol.